The average Bonchev–Trinajstić information content (AvgIpc) is 2.43. The second kappa shape index (κ2) is 7.61. The van der Waals surface area contributed by atoms with Gasteiger partial charge in [-0.1, -0.05) is 0 Å². The van der Waals surface area contributed by atoms with Crippen LogP contribution in [0.4, 0.5) is 0 Å². The third kappa shape index (κ3) is 4.57. The quantitative estimate of drug-likeness (QED) is 0.555. The minimum Gasteiger partial charge on any atom is -0.461 e. The first-order chi connectivity index (χ1) is 10.4. The molecule has 5 nitrogen and oxygen atoms in total. The number of rotatable bonds is 4. The molecule has 1 saturated heterocycles. The van der Waals surface area contributed by atoms with Crippen LogP contribution in [-0.2, 0) is 14.3 Å². The van der Waals surface area contributed by atoms with Crippen LogP contribution in [0, 0.1) is 3.57 Å². The minimum absolute atomic E-state index is 0.0352. The number of carbonyl (C=O) groups excluding carboxylic acids is 1. The Hall–Kier alpha value is -0.860. The van der Waals surface area contributed by atoms with Gasteiger partial charge in [-0.2, -0.15) is 0 Å². The Labute approximate surface area is 145 Å². The van der Waals surface area contributed by atoms with E-state index < -0.39 is 12.4 Å². The molecule has 0 bridgehead atoms. The van der Waals surface area contributed by atoms with Gasteiger partial charge in [0.15, 0.2) is 6.10 Å². The summed E-state index contributed by atoms with van der Waals surface area (Å²) in [5.74, 6) is 0.375. The van der Waals surface area contributed by atoms with Crippen molar-refractivity contribution in [3.63, 3.8) is 0 Å². The molecule has 1 heterocycles. The summed E-state index contributed by atoms with van der Waals surface area (Å²) < 4.78 is 18.5. The van der Waals surface area contributed by atoms with Gasteiger partial charge in [0.05, 0.1) is 12.1 Å². The lowest BCUT2D eigenvalue weighted by atomic mass is 9.99. The Bertz CT molecular complexity index is 505. The number of benzene rings is 1. The fraction of sp³-hybridized carbons (Fsp3) is 0.562. The van der Waals surface area contributed by atoms with Crippen molar-refractivity contribution in [1.82, 2.24) is 4.90 Å². The van der Waals surface area contributed by atoms with Crippen LogP contribution in [0.1, 0.15) is 20.3 Å². The Balaban J connectivity index is 2.19. The standard InChI is InChI=1S/C16H22INO4/c1-10-9-14(18(3)4)15(21-11(2)19)16(20-10)22-13-7-5-12(17)6-8-13/h5-8,10,14-16H,9H2,1-4H3/t10-,14+,15-,16+/m1/s1. The van der Waals surface area contributed by atoms with Crippen LogP contribution in [-0.4, -0.2) is 49.5 Å². The van der Waals surface area contributed by atoms with E-state index in [0.29, 0.717) is 5.75 Å². The molecule has 4 atom stereocenters. The van der Waals surface area contributed by atoms with Gasteiger partial charge in [-0.15, -0.1) is 0 Å². The molecule has 6 heteroatoms. The van der Waals surface area contributed by atoms with Crippen molar-refractivity contribution in [3.8, 4) is 5.75 Å². The van der Waals surface area contributed by atoms with Crippen LogP contribution in [0.2, 0.25) is 0 Å². The topological polar surface area (TPSA) is 48.0 Å². The van der Waals surface area contributed by atoms with Gasteiger partial charge in [0, 0.05) is 10.5 Å². The van der Waals surface area contributed by atoms with E-state index in [1.165, 1.54) is 6.92 Å². The monoisotopic (exact) mass is 419 g/mol. The van der Waals surface area contributed by atoms with Crippen LogP contribution in [0.25, 0.3) is 0 Å². The smallest absolute Gasteiger partial charge is 0.303 e. The zero-order valence-electron chi connectivity index (χ0n) is 13.3. The molecule has 1 aliphatic heterocycles. The van der Waals surface area contributed by atoms with Crippen molar-refractivity contribution in [3.05, 3.63) is 27.8 Å². The molecule has 0 N–H and O–H groups in total. The van der Waals surface area contributed by atoms with Gasteiger partial charge in [-0.05, 0) is 74.3 Å². The number of halogens is 1. The third-order valence-corrected chi connectivity index (χ3v) is 4.34. The number of carbonyl (C=O) groups is 1. The van der Waals surface area contributed by atoms with E-state index in [1.807, 2.05) is 45.3 Å². The van der Waals surface area contributed by atoms with Crippen molar-refractivity contribution >= 4 is 28.6 Å². The average molecular weight is 419 g/mol. The predicted octanol–water partition coefficient (Wildman–Crippen LogP) is 2.67. The highest BCUT2D eigenvalue weighted by atomic mass is 127. The number of hydrogen-bond donors (Lipinski definition) is 0. The maximum atomic E-state index is 11.5. The summed E-state index contributed by atoms with van der Waals surface area (Å²) in [5, 5.41) is 0. The van der Waals surface area contributed by atoms with E-state index >= 15 is 0 Å². The molecule has 1 aromatic carbocycles. The van der Waals surface area contributed by atoms with Crippen molar-refractivity contribution in [2.45, 2.75) is 44.8 Å². The van der Waals surface area contributed by atoms with Crippen molar-refractivity contribution in [2.24, 2.45) is 0 Å². The molecule has 0 spiro atoms. The van der Waals surface area contributed by atoms with Gasteiger partial charge in [0.2, 0.25) is 6.29 Å². The Morgan fingerprint density at radius 1 is 1.32 bits per heavy atom. The largest absolute Gasteiger partial charge is 0.461 e. The number of ether oxygens (including phenoxy) is 3. The van der Waals surface area contributed by atoms with E-state index in [1.54, 1.807) is 0 Å². The molecule has 0 amide bonds. The predicted molar refractivity (Wildman–Crippen MR) is 91.8 cm³/mol. The van der Waals surface area contributed by atoms with Gasteiger partial charge in [-0.25, -0.2) is 0 Å². The van der Waals surface area contributed by atoms with Crippen LogP contribution >= 0.6 is 22.6 Å². The van der Waals surface area contributed by atoms with Crippen LogP contribution in [0.5, 0.6) is 5.75 Å². The fourth-order valence-electron chi connectivity index (χ4n) is 2.59. The highest BCUT2D eigenvalue weighted by molar-refractivity contribution is 14.1. The van der Waals surface area contributed by atoms with Crippen LogP contribution in [0.3, 0.4) is 0 Å². The molecule has 122 valence electrons. The lowest BCUT2D eigenvalue weighted by Crippen LogP contribution is -2.56. The second-order valence-corrected chi connectivity index (χ2v) is 6.97. The Morgan fingerprint density at radius 2 is 1.95 bits per heavy atom. The normalized spacial score (nSPS) is 28.5. The van der Waals surface area contributed by atoms with E-state index in [0.717, 1.165) is 9.99 Å². The zero-order valence-corrected chi connectivity index (χ0v) is 15.4. The molecule has 1 aromatic rings. The van der Waals surface area contributed by atoms with Crippen LogP contribution in [0.15, 0.2) is 24.3 Å². The van der Waals surface area contributed by atoms with Crippen molar-refractivity contribution in [1.29, 1.82) is 0 Å². The number of hydrogen-bond acceptors (Lipinski definition) is 5. The molecular weight excluding hydrogens is 397 g/mol. The van der Waals surface area contributed by atoms with Gasteiger partial charge >= 0.3 is 5.97 Å². The molecular formula is C16H22INO4. The lowest BCUT2D eigenvalue weighted by Gasteiger charge is -2.42. The van der Waals surface area contributed by atoms with Crippen molar-refractivity contribution < 1.29 is 19.0 Å². The molecule has 1 fully saturated rings. The molecule has 2 rings (SSSR count). The molecule has 22 heavy (non-hydrogen) atoms. The fourth-order valence-corrected chi connectivity index (χ4v) is 2.95. The van der Waals surface area contributed by atoms with E-state index in [4.69, 9.17) is 14.2 Å². The van der Waals surface area contributed by atoms with E-state index in [2.05, 4.69) is 27.5 Å². The SMILES string of the molecule is CC(=O)O[C@H]1[C@H](Oc2ccc(I)cc2)O[C@H](C)C[C@@H]1N(C)C. The molecule has 0 radical (unpaired) electrons. The highest BCUT2D eigenvalue weighted by Gasteiger charge is 2.42. The molecule has 0 saturated carbocycles. The zero-order chi connectivity index (χ0) is 16.3. The molecule has 0 aromatic heterocycles. The Morgan fingerprint density at radius 3 is 2.50 bits per heavy atom. The van der Waals surface area contributed by atoms with Crippen molar-refractivity contribution in [2.75, 3.05) is 14.1 Å². The summed E-state index contributed by atoms with van der Waals surface area (Å²) in [7, 11) is 3.95. The van der Waals surface area contributed by atoms with E-state index in [9.17, 15) is 4.79 Å². The number of esters is 1. The third-order valence-electron chi connectivity index (χ3n) is 3.62. The van der Waals surface area contributed by atoms with Crippen LogP contribution < -0.4 is 4.74 Å². The van der Waals surface area contributed by atoms with Gasteiger partial charge in [-0.3, -0.25) is 4.79 Å². The van der Waals surface area contributed by atoms with Gasteiger partial charge in [0.1, 0.15) is 5.75 Å². The first kappa shape index (κ1) is 17.5. The first-order valence-corrected chi connectivity index (χ1v) is 8.36. The summed E-state index contributed by atoms with van der Waals surface area (Å²) in [6.07, 6.45) is -0.242. The van der Waals surface area contributed by atoms with Gasteiger partial charge in [0.25, 0.3) is 0 Å². The molecule has 0 aliphatic carbocycles. The summed E-state index contributed by atoms with van der Waals surface area (Å²) in [5.41, 5.74) is 0. The van der Waals surface area contributed by atoms with E-state index in [-0.39, 0.29) is 18.1 Å². The number of likely N-dealkylation sites (N-methyl/N-ethyl adjacent to an activating group) is 1. The number of nitrogens with zero attached hydrogens (tertiary/aromatic N) is 1. The lowest BCUT2D eigenvalue weighted by molar-refractivity contribution is -0.229. The second-order valence-electron chi connectivity index (χ2n) is 5.73. The highest BCUT2D eigenvalue weighted by Crippen LogP contribution is 2.28. The Kier molecular flexibility index (Phi) is 6.05. The maximum Gasteiger partial charge on any atom is 0.303 e. The molecule has 0 unspecified atom stereocenters. The summed E-state index contributed by atoms with van der Waals surface area (Å²) in [6.45, 7) is 3.41. The first-order valence-electron chi connectivity index (χ1n) is 7.28. The maximum absolute atomic E-state index is 11.5. The summed E-state index contributed by atoms with van der Waals surface area (Å²) >= 11 is 2.24. The summed E-state index contributed by atoms with van der Waals surface area (Å²) in [4.78, 5) is 13.5. The summed E-state index contributed by atoms with van der Waals surface area (Å²) in [6, 6.07) is 7.76. The minimum atomic E-state index is -0.611. The van der Waals surface area contributed by atoms with Gasteiger partial charge < -0.3 is 19.1 Å². The molecule has 1 aliphatic rings.